The molecule has 1 heterocycles. The topological polar surface area (TPSA) is 54.9 Å². The molecule has 0 saturated heterocycles. The minimum absolute atomic E-state index is 0.267. The third kappa shape index (κ3) is 2.34. The number of benzene rings is 1. The summed E-state index contributed by atoms with van der Waals surface area (Å²) in [6.07, 6.45) is 0. The molecule has 18 heavy (non-hydrogen) atoms. The van der Waals surface area contributed by atoms with Gasteiger partial charge < -0.3 is 5.32 Å². The molecule has 1 N–H and O–H groups in total. The van der Waals surface area contributed by atoms with Gasteiger partial charge in [0, 0.05) is 18.2 Å². The van der Waals surface area contributed by atoms with E-state index in [1.165, 1.54) is 25.2 Å². The smallest absolute Gasteiger partial charge is 0.251 e. The van der Waals surface area contributed by atoms with Gasteiger partial charge in [-0.25, -0.2) is 4.39 Å². The van der Waals surface area contributed by atoms with Crippen molar-refractivity contribution in [2.24, 2.45) is 0 Å². The molecule has 1 aromatic carbocycles. The van der Waals surface area contributed by atoms with E-state index < -0.39 is 5.82 Å². The van der Waals surface area contributed by atoms with Gasteiger partial charge in [-0.2, -0.15) is 10.2 Å². The van der Waals surface area contributed by atoms with Crippen molar-refractivity contribution >= 4 is 5.91 Å². The summed E-state index contributed by atoms with van der Waals surface area (Å²) >= 11 is 0. The Hall–Kier alpha value is -2.30. The molecule has 0 saturated carbocycles. The first-order valence-corrected chi connectivity index (χ1v) is 5.44. The maximum atomic E-state index is 13.7. The van der Waals surface area contributed by atoms with Crippen molar-refractivity contribution in [3.05, 3.63) is 47.4 Å². The number of aryl methyl sites for hydroxylation is 1. The molecular weight excluding hydrogens is 233 g/mol. The van der Waals surface area contributed by atoms with Crippen molar-refractivity contribution in [3.8, 4) is 11.3 Å². The molecule has 0 spiro atoms. The number of carbonyl (C=O) groups excluding carboxylic acids is 1. The molecule has 2 rings (SSSR count). The third-order valence-corrected chi connectivity index (χ3v) is 2.53. The fourth-order valence-electron chi connectivity index (χ4n) is 1.55. The number of halogens is 1. The van der Waals surface area contributed by atoms with Crippen LogP contribution >= 0.6 is 0 Å². The van der Waals surface area contributed by atoms with Crippen LogP contribution in [0.1, 0.15) is 16.1 Å². The fourth-order valence-corrected chi connectivity index (χ4v) is 1.55. The molecule has 92 valence electrons. The van der Waals surface area contributed by atoms with Crippen LogP contribution in [0.25, 0.3) is 11.3 Å². The van der Waals surface area contributed by atoms with Crippen molar-refractivity contribution in [3.63, 3.8) is 0 Å². The van der Waals surface area contributed by atoms with Crippen molar-refractivity contribution in [2.45, 2.75) is 6.92 Å². The first-order chi connectivity index (χ1) is 8.61. The molecule has 0 unspecified atom stereocenters. The molecule has 0 bridgehead atoms. The van der Waals surface area contributed by atoms with Gasteiger partial charge in [-0.3, -0.25) is 4.79 Å². The number of nitrogens with zero attached hydrogens (tertiary/aromatic N) is 2. The molecule has 2 aromatic rings. The van der Waals surface area contributed by atoms with Gasteiger partial charge >= 0.3 is 0 Å². The predicted molar refractivity (Wildman–Crippen MR) is 65.6 cm³/mol. The van der Waals surface area contributed by atoms with Crippen molar-refractivity contribution in [2.75, 3.05) is 7.05 Å². The molecule has 0 aliphatic heterocycles. The average Bonchev–Trinajstić information content (AvgIpc) is 2.39. The zero-order valence-electron chi connectivity index (χ0n) is 10.1. The third-order valence-electron chi connectivity index (χ3n) is 2.53. The molecule has 1 aromatic heterocycles. The Balaban J connectivity index is 2.49. The van der Waals surface area contributed by atoms with Gasteiger partial charge in [0.2, 0.25) is 0 Å². The van der Waals surface area contributed by atoms with Gasteiger partial charge in [0.05, 0.1) is 11.4 Å². The number of hydrogen-bond acceptors (Lipinski definition) is 3. The Morgan fingerprint density at radius 1 is 1.22 bits per heavy atom. The second kappa shape index (κ2) is 4.91. The van der Waals surface area contributed by atoms with Gasteiger partial charge in [-0.05, 0) is 37.3 Å². The molecule has 5 heteroatoms. The van der Waals surface area contributed by atoms with Crippen LogP contribution in [0.15, 0.2) is 30.3 Å². The monoisotopic (exact) mass is 245 g/mol. The zero-order chi connectivity index (χ0) is 13.1. The van der Waals surface area contributed by atoms with E-state index in [0.29, 0.717) is 11.3 Å². The second-order valence-electron chi connectivity index (χ2n) is 3.83. The Morgan fingerprint density at radius 3 is 2.61 bits per heavy atom. The number of nitrogens with one attached hydrogen (secondary N) is 1. The lowest BCUT2D eigenvalue weighted by atomic mass is 10.1. The Morgan fingerprint density at radius 2 is 2.00 bits per heavy atom. The Labute approximate surface area is 104 Å². The predicted octanol–water partition coefficient (Wildman–Crippen LogP) is 1.95. The van der Waals surface area contributed by atoms with E-state index in [4.69, 9.17) is 0 Å². The summed E-state index contributed by atoms with van der Waals surface area (Å²) in [6.45, 7) is 1.80. The molecule has 0 fully saturated rings. The highest BCUT2D eigenvalue weighted by Crippen LogP contribution is 2.21. The maximum Gasteiger partial charge on any atom is 0.251 e. The summed E-state index contributed by atoms with van der Waals surface area (Å²) in [4.78, 5) is 11.5. The highest BCUT2D eigenvalue weighted by atomic mass is 19.1. The second-order valence-corrected chi connectivity index (χ2v) is 3.83. The Kier molecular flexibility index (Phi) is 3.32. The fraction of sp³-hybridized carbons (Fsp3) is 0.154. The summed E-state index contributed by atoms with van der Waals surface area (Å²) in [5, 5.41) is 10.3. The largest absolute Gasteiger partial charge is 0.355 e. The quantitative estimate of drug-likeness (QED) is 0.879. The summed E-state index contributed by atoms with van der Waals surface area (Å²) in [6, 6.07) is 7.57. The molecule has 0 aliphatic rings. The highest BCUT2D eigenvalue weighted by molar-refractivity contribution is 5.95. The van der Waals surface area contributed by atoms with Gasteiger partial charge in [0.15, 0.2) is 0 Å². The SMILES string of the molecule is CNC(=O)c1ccc(F)c(-c2ccc(C)nn2)c1. The van der Waals surface area contributed by atoms with Crippen LogP contribution in [0, 0.1) is 12.7 Å². The lowest BCUT2D eigenvalue weighted by molar-refractivity contribution is 0.0963. The number of carbonyl (C=O) groups is 1. The van der Waals surface area contributed by atoms with Crippen LogP contribution < -0.4 is 5.32 Å². The molecular formula is C13H12FN3O. The summed E-state index contributed by atoms with van der Waals surface area (Å²) in [5.74, 6) is -0.697. The van der Waals surface area contributed by atoms with E-state index >= 15 is 0 Å². The van der Waals surface area contributed by atoms with E-state index in [-0.39, 0.29) is 11.5 Å². The zero-order valence-corrected chi connectivity index (χ0v) is 10.1. The molecule has 4 nitrogen and oxygen atoms in total. The van der Waals surface area contributed by atoms with Crippen LogP contribution in [0.2, 0.25) is 0 Å². The van der Waals surface area contributed by atoms with Gasteiger partial charge in [-0.1, -0.05) is 0 Å². The lowest BCUT2D eigenvalue weighted by Crippen LogP contribution is -2.17. The number of hydrogen-bond donors (Lipinski definition) is 1. The van der Waals surface area contributed by atoms with E-state index in [0.717, 1.165) is 5.69 Å². The molecule has 0 radical (unpaired) electrons. The van der Waals surface area contributed by atoms with E-state index in [2.05, 4.69) is 15.5 Å². The maximum absolute atomic E-state index is 13.7. The normalized spacial score (nSPS) is 10.2. The van der Waals surface area contributed by atoms with Crippen LogP contribution in [-0.2, 0) is 0 Å². The van der Waals surface area contributed by atoms with Crippen LogP contribution in [0.3, 0.4) is 0 Å². The number of amides is 1. The summed E-state index contributed by atoms with van der Waals surface area (Å²) in [7, 11) is 1.52. The summed E-state index contributed by atoms with van der Waals surface area (Å²) < 4.78 is 13.7. The van der Waals surface area contributed by atoms with E-state index in [1.54, 1.807) is 19.1 Å². The minimum atomic E-state index is -0.430. The van der Waals surface area contributed by atoms with E-state index in [1.807, 2.05) is 0 Å². The van der Waals surface area contributed by atoms with Crippen LogP contribution in [0.4, 0.5) is 4.39 Å². The first-order valence-electron chi connectivity index (χ1n) is 5.44. The minimum Gasteiger partial charge on any atom is -0.355 e. The Bertz CT molecular complexity index is 581. The van der Waals surface area contributed by atoms with Crippen molar-refractivity contribution < 1.29 is 9.18 Å². The standard InChI is InChI=1S/C13H12FN3O/c1-8-3-6-12(17-16-8)10-7-9(13(18)15-2)4-5-11(10)14/h3-7H,1-2H3,(H,15,18). The van der Waals surface area contributed by atoms with Gasteiger partial charge in [0.1, 0.15) is 5.82 Å². The van der Waals surface area contributed by atoms with Gasteiger partial charge in [-0.15, -0.1) is 0 Å². The molecule has 1 amide bonds. The molecule has 0 atom stereocenters. The lowest BCUT2D eigenvalue weighted by Gasteiger charge is -2.05. The molecule has 0 aliphatic carbocycles. The summed E-state index contributed by atoms with van der Waals surface area (Å²) in [5.41, 5.74) is 1.81. The van der Waals surface area contributed by atoms with Crippen LogP contribution in [0.5, 0.6) is 0 Å². The average molecular weight is 245 g/mol. The number of aromatic nitrogens is 2. The van der Waals surface area contributed by atoms with E-state index in [9.17, 15) is 9.18 Å². The van der Waals surface area contributed by atoms with Crippen molar-refractivity contribution in [1.29, 1.82) is 0 Å². The van der Waals surface area contributed by atoms with Crippen LogP contribution in [-0.4, -0.2) is 23.2 Å². The van der Waals surface area contributed by atoms with Crippen molar-refractivity contribution in [1.82, 2.24) is 15.5 Å². The van der Waals surface area contributed by atoms with Gasteiger partial charge in [0.25, 0.3) is 5.91 Å². The number of rotatable bonds is 2. The first kappa shape index (κ1) is 12.2. The highest BCUT2D eigenvalue weighted by Gasteiger charge is 2.11.